The van der Waals surface area contributed by atoms with Gasteiger partial charge < -0.3 is 10.1 Å². The fourth-order valence-electron chi connectivity index (χ4n) is 2.82. The summed E-state index contributed by atoms with van der Waals surface area (Å²) in [6.07, 6.45) is 4.98. The number of nitrogens with zero attached hydrogens (tertiary/aromatic N) is 4. The van der Waals surface area contributed by atoms with Crippen LogP contribution < -0.4 is 10.6 Å². The number of hydrazine groups is 1. The number of ether oxygens (including phenoxy) is 1. The maximum atomic E-state index is 13.2. The first-order chi connectivity index (χ1) is 13.6. The van der Waals surface area contributed by atoms with Crippen LogP contribution in [0.3, 0.4) is 0 Å². The number of carbonyl (C=O) groups excluding carboxylic acids is 3. The lowest BCUT2D eigenvalue weighted by molar-refractivity contribution is -0.150. The largest absolute Gasteiger partial charge is 0.444 e. The summed E-state index contributed by atoms with van der Waals surface area (Å²) >= 11 is 0. The Morgan fingerprint density at radius 1 is 1.14 bits per heavy atom. The van der Waals surface area contributed by atoms with E-state index >= 15 is 0 Å². The minimum Gasteiger partial charge on any atom is -0.444 e. The Labute approximate surface area is 171 Å². The second-order valence-electron chi connectivity index (χ2n) is 8.20. The van der Waals surface area contributed by atoms with E-state index in [1.807, 2.05) is 6.92 Å². The van der Waals surface area contributed by atoms with Gasteiger partial charge in [-0.05, 0) is 40.5 Å². The zero-order chi connectivity index (χ0) is 21.7. The van der Waals surface area contributed by atoms with Crippen LogP contribution in [-0.2, 0) is 9.53 Å². The number of aromatic nitrogens is 2. The number of alkyl carbamates (subject to hydrolysis) is 1. The first-order valence-corrected chi connectivity index (χ1v) is 9.69. The van der Waals surface area contributed by atoms with Gasteiger partial charge >= 0.3 is 12.1 Å². The molecule has 1 aliphatic heterocycles. The quantitative estimate of drug-likeness (QED) is 0.775. The van der Waals surface area contributed by atoms with Gasteiger partial charge in [0.05, 0.1) is 11.6 Å². The molecule has 10 nitrogen and oxygen atoms in total. The lowest BCUT2D eigenvalue weighted by Crippen LogP contribution is -2.54. The molecule has 0 radical (unpaired) electrons. The molecule has 4 amide bonds. The maximum absolute atomic E-state index is 13.2. The summed E-state index contributed by atoms with van der Waals surface area (Å²) < 4.78 is 5.25. The fourth-order valence-corrected chi connectivity index (χ4v) is 2.82. The average molecular weight is 406 g/mol. The number of hydrogen-bond donors (Lipinski definition) is 2. The van der Waals surface area contributed by atoms with Crippen LogP contribution in [0.1, 0.15) is 47.5 Å². The van der Waals surface area contributed by atoms with Crippen molar-refractivity contribution < 1.29 is 19.1 Å². The molecule has 29 heavy (non-hydrogen) atoms. The molecule has 2 heterocycles. The number of carbonyl (C=O) groups is 3. The van der Waals surface area contributed by atoms with Crippen molar-refractivity contribution in [3.63, 3.8) is 0 Å². The molecule has 1 aromatic heterocycles. The Balaban J connectivity index is 2.04. The highest BCUT2D eigenvalue weighted by molar-refractivity contribution is 5.91. The topological polar surface area (TPSA) is 117 Å². The summed E-state index contributed by atoms with van der Waals surface area (Å²) in [5.41, 5.74) is -1.51. The lowest BCUT2D eigenvalue weighted by Gasteiger charge is -2.36. The Bertz CT molecular complexity index is 736. The van der Waals surface area contributed by atoms with Crippen LogP contribution in [0.2, 0.25) is 0 Å². The second kappa shape index (κ2) is 9.06. The number of rotatable bonds is 5. The van der Waals surface area contributed by atoms with E-state index in [4.69, 9.17) is 4.74 Å². The molecule has 2 N–H and O–H groups in total. The second-order valence-corrected chi connectivity index (χ2v) is 8.20. The van der Waals surface area contributed by atoms with E-state index in [2.05, 4.69) is 20.6 Å². The van der Waals surface area contributed by atoms with E-state index in [-0.39, 0.29) is 12.5 Å². The Hall–Kier alpha value is -2.91. The van der Waals surface area contributed by atoms with E-state index in [0.717, 1.165) is 0 Å². The van der Waals surface area contributed by atoms with Crippen molar-refractivity contribution in [2.24, 2.45) is 5.41 Å². The van der Waals surface area contributed by atoms with E-state index in [0.29, 0.717) is 31.7 Å². The van der Waals surface area contributed by atoms with Crippen LogP contribution in [0.4, 0.5) is 15.4 Å². The molecule has 0 aliphatic carbocycles. The van der Waals surface area contributed by atoms with Crippen molar-refractivity contribution in [1.29, 1.82) is 0 Å². The van der Waals surface area contributed by atoms with Crippen molar-refractivity contribution >= 4 is 23.8 Å². The average Bonchev–Trinajstić information content (AvgIpc) is 3.15. The molecule has 0 saturated carbocycles. The summed E-state index contributed by atoms with van der Waals surface area (Å²) in [6.45, 7) is 9.90. The molecule has 0 aromatic carbocycles. The molecule has 0 bridgehead atoms. The Morgan fingerprint density at radius 2 is 1.83 bits per heavy atom. The number of nitrogens with one attached hydrogen (secondary N) is 2. The van der Waals surface area contributed by atoms with Gasteiger partial charge in [-0.1, -0.05) is 6.92 Å². The highest BCUT2D eigenvalue weighted by Crippen LogP contribution is 2.27. The van der Waals surface area contributed by atoms with Crippen molar-refractivity contribution in [3.05, 3.63) is 18.6 Å². The molecule has 0 spiro atoms. The zero-order valence-corrected chi connectivity index (χ0v) is 17.7. The normalized spacial score (nSPS) is 16.2. The smallest absolute Gasteiger partial charge is 0.407 e. The minimum absolute atomic E-state index is 0.105. The molecule has 10 heteroatoms. The monoisotopic (exact) mass is 406 g/mol. The zero-order valence-electron chi connectivity index (χ0n) is 17.7. The van der Waals surface area contributed by atoms with Gasteiger partial charge in [0.2, 0.25) is 5.91 Å². The number of urea groups is 1. The SMILES string of the molecule is CCC(C)(CNC(=O)OC(C)(C)C)C(=O)N1CCCN1C(=O)Nc1cnccn1. The standard InChI is InChI=1S/C19H30N6O4/c1-6-19(5,13-22-17(28)29-18(2,3)4)15(26)24-10-7-11-25(24)16(27)23-14-12-20-8-9-21-14/h8-9,12H,6-7,10-11,13H2,1-5H3,(H,22,28)(H,21,23,27). The van der Waals surface area contributed by atoms with Crippen LogP contribution in [0.15, 0.2) is 18.6 Å². The van der Waals surface area contributed by atoms with Crippen LogP contribution in [0.5, 0.6) is 0 Å². The number of amides is 4. The first kappa shape index (κ1) is 22.4. The van der Waals surface area contributed by atoms with Gasteiger partial charge in [-0.25, -0.2) is 24.6 Å². The molecular formula is C19H30N6O4. The fraction of sp³-hybridized carbons (Fsp3) is 0.632. The lowest BCUT2D eigenvalue weighted by atomic mass is 9.86. The molecule has 1 saturated heterocycles. The maximum Gasteiger partial charge on any atom is 0.407 e. The van der Waals surface area contributed by atoms with E-state index in [1.54, 1.807) is 27.7 Å². The molecule has 1 fully saturated rings. The van der Waals surface area contributed by atoms with Gasteiger partial charge in [-0.15, -0.1) is 0 Å². The summed E-state index contributed by atoms with van der Waals surface area (Å²) in [6, 6.07) is -0.449. The molecular weight excluding hydrogens is 376 g/mol. The molecule has 1 atom stereocenters. The summed E-state index contributed by atoms with van der Waals surface area (Å²) in [7, 11) is 0. The van der Waals surface area contributed by atoms with Crippen molar-refractivity contribution in [2.75, 3.05) is 25.0 Å². The van der Waals surface area contributed by atoms with Gasteiger partial charge in [0.1, 0.15) is 5.60 Å². The first-order valence-electron chi connectivity index (χ1n) is 9.69. The third-order valence-electron chi connectivity index (χ3n) is 4.62. The molecule has 2 rings (SSSR count). The van der Waals surface area contributed by atoms with Gasteiger partial charge in [0.25, 0.3) is 0 Å². The number of hydrogen-bond acceptors (Lipinski definition) is 6. The summed E-state index contributed by atoms with van der Waals surface area (Å²) in [5.74, 6) is 0.0736. The van der Waals surface area contributed by atoms with Crippen molar-refractivity contribution in [2.45, 2.75) is 53.1 Å². The third-order valence-corrected chi connectivity index (χ3v) is 4.62. The van der Waals surface area contributed by atoms with Crippen molar-refractivity contribution in [1.82, 2.24) is 25.3 Å². The van der Waals surface area contributed by atoms with Gasteiger partial charge in [0.15, 0.2) is 5.82 Å². The summed E-state index contributed by atoms with van der Waals surface area (Å²) in [4.78, 5) is 45.8. The third kappa shape index (κ3) is 6.03. The Kier molecular flexibility index (Phi) is 6.99. The highest BCUT2D eigenvalue weighted by Gasteiger charge is 2.41. The van der Waals surface area contributed by atoms with E-state index in [9.17, 15) is 14.4 Å². The molecule has 1 unspecified atom stereocenters. The predicted molar refractivity (Wildman–Crippen MR) is 107 cm³/mol. The van der Waals surface area contributed by atoms with Gasteiger partial charge in [-0.3, -0.25) is 15.1 Å². The van der Waals surface area contributed by atoms with Crippen LogP contribution in [0.25, 0.3) is 0 Å². The minimum atomic E-state index is -0.883. The van der Waals surface area contributed by atoms with E-state index < -0.39 is 23.1 Å². The highest BCUT2D eigenvalue weighted by atomic mass is 16.6. The van der Waals surface area contributed by atoms with E-state index in [1.165, 1.54) is 28.6 Å². The number of anilines is 1. The summed E-state index contributed by atoms with van der Waals surface area (Å²) in [5, 5.41) is 8.13. The molecule has 1 aliphatic rings. The Morgan fingerprint density at radius 3 is 2.41 bits per heavy atom. The molecule has 1 aromatic rings. The van der Waals surface area contributed by atoms with Crippen LogP contribution in [-0.4, -0.2) is 63.3 Å². The van der Waals surface area contributed by atoms with Gasteiger partial charge in [-0.2, -0.15) is 0 Å². The van der Waals surface area contributed by atoms with Crippen molar-refractivity contribution in [3.8, 4) is 0 Å². The predicted octanol–water partition coefficient (Wildman–Crippen LogP) is 2.40. The van der Waals surface area contributed by atoms with Crippen LogP contribution >= 0.6 is 0 Å². The van der Waals surface area contributed by atoms with Gasteiger partial charge in [0, 0.05) is 32.0 Å². The molecule has 160 valence electrons. The van der Waals surface area contributed by atoms with Crippen LogP contribution in [0, 0.1) is 5.41 Å².